The average molecular weight is 378 g/mol. The molecule has 0 fully saturated rings. The van der Waals surface area contributed by atoms with Gasteiger partial charge in [-0.1, -0.05) is 19.1 Å². The molecule has 0 aliphatic carbocycles. The van der Waals surface area contributed by atoms with E-state index < -0.39 is 25.7 Å². The summed E-state index contributed by atoms with van der Waals surface area (Å²) in [7, 11) is -7.67. The molecule has 24 heavy (non-hydrogen) atoms. The molecule has 0 aliphatic rings. The molecule has 0 saturated heterocycles. The van der Waals surface area contributed by atoms with Gasteiger partial charge in [-0.25, -0.2) is 16.8 Å². The highest BCUT2D eigenvalue weighted by molar-refractivity contribution is 7.91. The van der Waals surface area contributed by atoms with Gasteiger partial charge in [-0.2, -0.15) is 0 Å². The van der Waals surface area contributed by atoms with Gasteiger partial charge >= 0.3 is 0 Å². The minimum atomic E-state index is -4.27. The Kier molecular flexibility index (Phi) is 8.85. The van der Waals surface area contributed by atoms with E-state index in [-0.39, 0.29) is 17.1 Å². The molecule has 0 saturated carbocycles. The summed E-state index contributed by atoms with van der Waals surface area (Å²) in [5.74, 6) is -0.530. The summed E-state index contributed by atoms with van der Waals surface area (Å²) in [4.78, 5) is 0.181. The normalized spacial score (nSPS) is 12.4. The van der Waals surface area contributed by atoms with Gasteiger partial charge in [0.2, 0.25) is 0 Å². The predicted molar refractivity (Wildman–Crippen MR) is 90.7 cm³/mol. The summed E-state index contributed by atoms with van der Waals surface area (Å²) in [5, 5.41) is 3.01. The second kappa shape index (κ2) is 10.1. The molecular formula is C15H24NO6S2-. The van der Waals surface area contributed by atoms with Crippen LogP contribution in [0.3, 0.4) is 0 Å². The summed E-state index contributed by atoms with van der Waals surface area (Å²) in [6, 6.07) is 5.94. The maximum atomic E-state index is 12.2. The van der Waals surface area contributed by atoms with E-state index in [9.17, 15) is 21.4 Å². The van der Waals surface area contributed by atoms with Gasteiger partial charge in [-0.15, -0.1) is 0 Å². The van der Waals surface area contributed by atoms with Gasteiger partial charge in [-0.05, 0) is 30.5 Å². The number of hydrogen-bond donors (Lipinski definition) is 1. The van der Waals surface area contributed by atoms with Crippen LogP contribution in [0.5, 0.6) is 0 Å². The summed E-state index contributed by atoms with van der Waals surface area (Å²) < 4.78 is 61.4. The summed E-state index contributed by atoms with van der Waals surface area (Å²) in [5.41, 5.74) is 0.611. The number of ether oxygens (including phenoxy) is 1. The van der Waals surface area contributed by atoms with Crippen LogP contribution in [0.15, 0.2) is 29.2 Å². The maximum absolute atomic E-state index is 12.2. The van der Waals surface area contributed by atoms with E-state index in [0.717, 1.165) is 6.42 Å². The number of nitrogens with one attached hydrogen (secondary N) is 1. The fraction of sp³-hybridized carbons (Fsp3) is 0.600. The Morgan fingerprint density at radius 3 is 2.25 bits per heavy atom. The summed E-state index contributed by atoms with van der Waals surface area (Å²) in [6.07, 6.45) is 1.02. The van der Waals surface area contributed by atoms with Crippen LogP contribution in [-0.4, -0.2) is 59.2 Å². The van der Waals surface area contributed by atoms with Crippen LogP contribution < -0.4 is 5.32 Å². The molecule has 0 bridgehead atoms. The molecule has 9 heteroatoms. The first-order chi connectivity index (χ1) is 11.2. The van der Waals surface area contributed by atoms with Crippen molar-refractivity contribution in [2.24, 2.45) is 0 Å². The second-order valence-corrected chi connectivity index (χ2v) is 8.97. The van der Waals surface area contributed by atoms with Crippen molar-refractivity contribution in [3.05, 3.63) is 29.8 Å². The van der Waals surface area contributed by atoms with Gasteiger partial charge in [0.15, 0.2) is 9.84 Å². The van der Waals surface area contributed by atoms with E-state index >= 15 is 0 Å². The van der Waals surface area contributed by atoms with Crippen molar-refractivity contribution < 1.29 is 26.1 Å². The largest absolute Gasteiger partial charge is 0.748 e. The first-order valence-corrected chi connectivity index (χ1v) is 11.0. The molecule has 1 rings (SSSR count). The van der Waals surface area contributed by atoms with Crippen LogP contribution in [0.2, 0.25) is 0 Å². The van der Waals surface area contributed by atoms with Crippen molar-refractivity contribution in [2.75, 3.05) is 37.8 Å². The minimum absolute atomic E-state index is 0.0327. The smallest absolute Gasteiger partial charge is 0.179 e. The zero-order valence-electron chi connectivity index (χ0n) is 13.7. The number of rotatable bonds is 12. The average Bonchev–Trinajstić information content (AvgIpc) is 2.52. The lowest BCUT2D eigenvalue weighted by Crippen LogP contribution is -2.26. The van der Waals surface area contributed by atoms with Gasteiger partial charge in [0.25, 0.3) is 0 Å². The molecule has 0 unspecified atom stereocenters. The fourth-order valence-electron chi connectivity index (χ4n) is 1.95. The van der Waals surface area contributed by atoms with Gasteiger partial charge in [-0.3, -0.25) is 0 Å². The first-order valence-electron chi connectivity index (χ1n) is 7.78. The molecule has 1 N–H and O–H groups in total. The van der Waals surface area contributed by atoms with Crippen molar-refractivity contribution in [1.29, 1.82) is 0 Å². The van der Waals surface area contributed by atoms with Crippen molar-refractivity contribution in [3.8, 4) is 0 Å². The highest BCUT2D eigenvalue weighted by atomic mass is 32.2. The van der Waals surface area contributed by atoms with Gasteiger partial charge in [0.05, 0.1) is 27.4 Å². The van der Waals surface area contributed by atoms with E-state index in [4.69, 9.17) is 4.74 Å². The van der Waals surface area contributed by atoms with Crippen molar-refractivity contribution in [3.63, 3.8) is 0 Å². The second-order valence-electron chi connectivity index (χ2n) is 5.34. The molecule has 0 amide bonds. The van der Waals surface area contributed by atoms with Gasteiger partial charge < -0.3 is 14.6 Å². The van der Waals surface area contributed by atoms with E-state index in [2.05, 4.69) is 5.32 Å². The summed E-state index contributed by atoms with van der Waals surface area (Å²) in [6.45, 7) is 4.18. The number of hydrogen-bond acceptors (Lipinski definition) is 7. The molecule has 0 aliphatic heterocycles. The molecule has 0 spiro atoms. The van der Waals surface area contributed by atoms with E-state index in [1.54, 1.807) is 0 Å². The molecule has 0 aromatic heterocycles. The van der Waals surface area contributed by atoms with Crippen molar-refractivity contribution in [1.82, 2.24) is 5.32 Å². The maximum Gasteiger partial charge on any atom is 0.179 e. The van der Waals surface area contributed by atoms with E-state index in [0.29, 0.717) is 31.9 Å². The number of aryl methyl sites for hydroxylation is 1. The van der Waals surface area contributed by atoms with Crippen LogP contribution in [-0.2, 0) is 31.1 Å². The molecule has 0 heterocycles. The fourth-order valence-corrected chi connectivity index (χ4v) is 3.63. The van der Waals surface area contributed by atoms with Gasteiger partial charge in [0.1, 0.15) is 0 Å². The quantitative estimate of drug-likeness (QED) is 0.418. The Labute approximate surface area is 144 Å². The highest BCUT2D eigenvalue weighted by Gasteiger charge is 2.13. The van der Waals surface area contributed by atoms with E-state index in [1.807, 2.05) is 6.92 Å². The molecule has 7 nitrogen and oxygen atoms in total. The lowest BCUT2D eigenvalue weighted by atomic mass is 10.2. The van der Waals surface area contributed by atoms with Crippen LogP contribution >= 0.6 is 0 Å². The zero-order valence-corrected chi connectivity index (χ0v) is 15.4. The Bertz CT molecular complexity index is 683. The Morgan fingerprint density at radius 1 is 1.00 bits per heavy atom. The van der Waals surface area contributed by atoms with Crippen LogP contribution in [0.1, 0.15) is 18.9 Å². The van der Waals surface area contributed by atoms with E-state index in [1.165, 1.54) is 24.3 Å². The Morgan fingerprint density at radius 2 is 1.67 bits per heavy atom. The third-order valence-electron chi connectivity index (χ3n) is 3.24. The molecule has 0 radical (unpaired) electrons. The minimum Gasteiger partial charge on any atom is -0.748 e. The lowest BCUT2D eigenvalue weighted by molar-refractivity contribution is 0.137. The lowest BCUT2D eigenvalue weighted by Gasteiger charge is -2.09. The highest BCUT2D eigenvalue weighted by Crippen LogP contribution is 2.13. The van der Waals surface area contributed by atoms with Crippen LogP contribution in [0, 0.1) is 0 Å². The Balaban J connectivity index is 2.43. The molecule has 1 aromatic carbocycles. The molecule has 1 aromatic rings. The summed E-state index contributed by atoms with van der Waals surface area (Å²) >= 11 is 0. The topological polar surface area (TPSA) is 113 Å². The van der Waals surface area contributed by atoms with Gasteiger partial charge in [0, 0.05) is 25.4 Å². The predicted octanol–water partition coefficient (Wildman–Crippen LogP) is 0.564. The van der Waals surface area contributed by atoms with Crippen molar-refractivity contribution in [2.45, 2.75) is 24.7 Å². The third-order valence-corrected chi connectivity index (χ3v) is 5.68. The van der Waals surface area contributed by atoms with Crippen LogP contribution in [0.4, 0.5) is 0 Å². The standard InChI is InChI=1S/C15H25NO6S2/c1-2-10-22-11-8-16-9-13-23(17,18)15-5-3-14(4-6-15)7-12-24(19,20)21/h3-6,16H,2,7-13H2,1H3,(H,19,20,21)/p-1. The van der Waals surface area contributed by atoms with Crippen molar-refractivity contribution >= 4 is 20.0 Å². The molecular weight excluding hydrogens is 354 g/mol. The number of benzene rings is 1. The Hall–Kier alpha value is -1.00. The van der Waals surface area contributed by atoms with Crippen LogP contribution in [0.25, 0.3) is 0 Å². The number of sulfone groups is 1. The zero-order chi connectivity index (χ0) is 18.1. The molecule has 138 valence electrons. The first kappa shape index (κ1) is 21.0. The monoisotopic (exact) mass is 378 g/mol. The molecule has 0 atom stereocenters. The third kappa shape index (κ3) is 8.74. The SMILES string of the molecule is CCCOCCNCCS(=O)(=O)c1ccc(CCS(=O)(=O)[O-])cc1.